The Morgan fingerprint density at radius 3 is 2.82 bits per heavy atom. The van der Waals surface area contributed by atoms with E-state index >= 15 is 0 Å². The highest BCUT2D eigenvalue weighted by Gasteiger charge is 2.16. The minimum absolute atomic E-state index is 0.0792. The van der Waals surface area contributed by atoms with Crippen LogP contribution in [-0.4, -0.2) is 31.0 Å². The minimum atomic E-state index is -0.0792. The highest BCUT2D eigenvalue weighted by Crippen LogP contribution is 2.25. The van der Waals surface area contributed by atoms with E-state index in [1.54, 1.807) is 6.26 Å². The smallest absolute Gasteiger partial charge is 0.234 e. The molecule has 1 amide bonds. The number of aromatic nitrogens is 4. The quantitative estimate of drug-likeness (QED) is 0.473. The number of thioether (sulfide) groups is 1. The van der Waals surface area contributed by atoms with Crippen molar-refractivity contribution in [2.75, 3.05) is 11.1 Å². The lowest BCUT2D eigenvalue weighted by molar-refractivity contribution is -0.113. The van der Waals surface area contributed by atoms with Gasteiger partial charge in [0.25, 0.3) is 0 Å². The molecular formula is C20H21N5O2S. The topological polar surface area (TPSA) is 77.9 Å². The second-order valence-corrected chi connectivity index (χ2v) is 7.18. The number of carbonyl (C=O) groups excluding carboxylic acids is 1. The van der Waals surface area contributed by atoms with Crippen molar-refractivity contribution in [2.24, 2.45) is 0 Å². The van der Waals surface area contributed by atoms with Gasteiger partial charge in [-0.2, -0.15) is 0 Å². The monoisotopic (exact) mass is 395 g/mol. The van der Waals surface area contributed by atoms with Gasteiger partial charge in [0.2, 0.25) is 5.91 Å². The van der Waals surface area contributed by atoms with Crippen LogP contribution < -0.4 is 5.32 Å². The van der Waals surface area contributed by atoms with Gasteiger partial charge < -0.3 is 14.3 Å². The Kier molecular flexibility index (Phi) is 5.21. The van der Waals surface area contributed by atoms with Crippen molar-refractivity contribution < 1.29 is 9.21 Å². The number of benzene rings is 1. The van der Waals surface area contributed by atoms with Crippen molar-refractivity contribution in [3.05, 3.63) is 48.9 Å². The lowest BCUT2D eigenvalue weighted by atomic mass is 10.2. The van der Waals surface area contributed by atoms with Crippen LogP contribution in [0.2, 0.25) is 0 Å². The average molecular weight is 395 g/mol. The van der Waals surface area contributed by atoms with E-state index in [0.717, 1.165) is 23.1 Å². The number of nitrogens with one attached hydrogen (secondary N) is 1. The van der Waals surface area contributed by atoms with Gasteiger partial charge in [0, 0.05) is 35.9 Å². The Morgan fingerprint density at radius 2 is 2.07 bits per heavy atom. The van der Waals surface area contributed by atoms with E-state index in [-0.39, 0.29) is 11.7 Å². The number of anilines is 1. The van der Waals surface area contributed by atoms with Crippen molar-refractivity contribution in [3.63, 3.8) is 0 Å². The summed E-state index contributed by atoms with van der Waals surface area (Å²) in [6.07, 6.45) is 3.66. The molecule has 0 unspecified atom stereocenters. The molecule has 1 aromatic carbocycles. The molecule has 0 aliphatic heterocycles. The molecule has 7 nitrogen and oxygen atoms in total. The first-order valence-corrected chi connectivity index (χ1v) is 10.2. The summed E-state index contributed by atoms with van der Waals surface area (Å²) < 4.78 is 9.52. The van der Waals surface area contributed by atoms with E-state index in [9.17, 15) is 4.79 Å². The van der Waals surface area contributed by atoms with Crippen LogP contribution in [0.1, 0.15) is 13.8 Å². The van der Waals surface area contributed by atoms with E-state index in [2.05, 4.69) is 39.3 Å². The van der Waals surface area contributed by atoms with Gasteiger partial charge in [-0.3, -0.25) is 9.36 Å². The predicted molar refractivity (Wildman–Crippen MR) is 110 cm³/mol. The first-order chi connectivity index (χ1) is 13.7. The summed E-state index contributed by atoms with van der Waals surface area (Å²) in [5.41, 5.74) is 1.96. The molecule has 0 aliphatic rings. The van der Waals surface area contributed by atoms with E-state index in [0.29, 0.717) is 23.3 Å². The largest absolute Gasteiger partial charge is 0.461 e. The summed E-state index contributed by atoms with van der Waals surface area (Å²) in [4.78, 5) is 12.4. The van der Waals surface area contributed by atoms with Crippen molar-refractivity contribution >= 4 is 34.3 Å². The van der Waals surface area contributed by atoms with Gasteiger partial charge in [-0.25, -0.2) is 0 Å². The number of nitrogens with zero attached hydrogens (tertiary/aromatic N) is 4. The maximum Gasteiger partial charge on any atom is 0.234 e. The van der Waals surface area contributed by atoms with Gasteiger partial charge in [0.15, 0.2) is 16.7 Å². The zero-order valence-corrected chi connectivity index (χ0v) is 16.6. The Hall–Kier alpha value is -3.00. The number of aryl methyl sites for hydroxylation is 1. The fourth-order valence-electron chi connectivity index (χ4n) is 3.15. The molecule has 0 spiro atoms. The standard InChI is InChI=1S/C20H21N5O2S/c1-3-24-10-9-14-12-15(7-8-16(14)24)21-18(26)13-28-20-23-22-19(25(20)4-2)17-6-5-11-27-17/h5-12H,3-4,13H2,1-2H3,(H,21,26). The maximum absolute atomic E-state index is 12.4. The average Bonchev–Trinajstić information content (AvgIpc) is 3.44. The molecule has 8 heteroatoms. The highest BCUT2D eigenvalue weighted by molar-refractivity contribution is 7.99. The lowest BCUT2D eigenvalue weighted by Gasteiger charge is -2.07. The molecule has 28 heavy (non-hydrogen) atoms. The first kappa shape index (κ1) is 18.4. The molecule has 144 valence electrons. The number of carbonyl (C=O) groups is 1. The van der Waals surface area contributed by atoms with Crippen LogP contribution in [0.15, 0.2) is 58.4 Å². The summed E-state index contributed by atoms with van der Waals surface area (Å²) >= 11 is 1.36. The third-order valence-corrected chi connectivity index (χ3v) is 5.47. The number of amides is 1. The van der Waals surface area contributed by atoms with Gasteiger partial charge in [-0.15, -0.1) is 10.2 Å². The fraction of sp³-hybridized carbons (Fsp3) is 0.250. The molecule has 0 radical (unpaired) electrons. The van der Waals surface area contributed by atoms with Crippen molar-refractivity contribution in [3.8, 4) is 11.6 Å². The summed E-state index contributed by atoms with van der Waals surface area (Å²) in [6, 6.07) is 11.7. The zero-order valence-electron chi connectivity index (χ0n) is 15.8. The Morgan fingerprint density at radius 1 is 1.18 bits per heavy atom. The predicted octanol–water partition coefficient (Wildman–Crippen LogP) is 4.26. The van der Waals surface area contributed by atoms with E-state index in [1.807, 2.05) is 41.8 Å². The van der Waals surface area contributed by atoms with Crippen LogP contribution in [-0.2, 0) is 17.9 Å². The van der Waals surface area contributed by atoms with Gasteiger partial charge in [0.05, 0.1) is 12.0 Å². The Balaban J connectivity index is 1.42. The third kappa shape index (κ3) is 3.55. The second-order valence-electron chi connectivity index (χ2n) is 6.24. The molecule has 0 saturated heterocycles. The van der Waals surface area contributed by atoms with Crippen LogP contribution in [0, 0.1) is 0 Å². The molecular weight excluding hydrogens is 374 g/mol. The van der Waals surface area contributed by atoms with Gasteiger partial charge >= 0.3 is 0 Å². The Bertz CT molecular complexity index is 1100. The van der Waals surface area contributed by atoms with Crippen LogP contribution in [0.4, 0.5) is 5.69 Å². The van der Waals surface area contributed by atoms with Crippen molar-refractivity contribution in [2.45, 2.75) is 32.1 Å². The van der Waals surface area contributed by atoms with Crippen molar-refractivity contribution in [1.29, 1.82) is 0 Å². The molecule has 3 heterocycles. The van der Waals surface area contributed by atoms with E-state index in [1.165, 1.54) is 11.8 Å². The van der Waals surface area contributed by atoms with Crippen LogP contribution in [0.25, 0.3) is 22.5 Å². The molecule has 1 N–H and O–H groups in total. The molecule has 0 saturated carbocycles. The van der Waals surface area contributed by atoms with Gasteiger partial charge in [0.1, 0.15) is 0 Å². The number of fused-ring (bicyclic) bond motifs is 1. The van der Waals surface area contributed by atoms with Crippen LogP contribution in [0.5, 0.6) is 0 Å². The number of furan rings is 1. The number of hydrogen-bond donors (Lipinski definition) is 1. The number of rotatable bonds is 7. The van der Waals surface area contributed by atoms with E-state index < -0.39 is 0 Å². The molecule has 0 aliphatic carbocycles. The van der Waals surface area contributed by atoms with Crippen LogP contribution in [0.3, 0.4) is 0 Å². The number of hydrogen-bond acceptors (Lipinski definition) is 5. The molecule has 4 aromatic rings. The molecule has 4 rings (SSSR count). The molecule has 3 aromatic heterocycles. The zero-order chi connectivity index (χ0) is 19.5. The molecule has 0 atom stereocenters. The van der Waals surface area contributed by atoms with Gasteiger partial charge in [-0.05, 0) is 50.2 Å². The maximum atomic E-state index is 12.4. The highest BCUT2D eigenvalue weighted by atomic mass is 32.2. The summed E-state index contributed by atoms with van der Waals surface area (Å²) in [7, 11) is 0. The van der Waals surface area contributed by atoms with Crippen molar-refractivity contribution in [1.82, 2.24) is 19.3 Å². The second kappa shape index (κ2) is 7.93. The lowest BCUT2D eigenvalue weighted by Crippen LogP contribution is -2.14. The normalized spacial score (nSPS) is 11.2. The summed E-state index contributed by atoms with van der Waals surface area (Å²) in [6.45, 7) is 5.73. The SMILES string of the molecule is CCn1c(SCC(=O)Nc2ccc3c(ccn3CC)c2)nnc1-c1ccco1. The minimum Gasteiger partial charge on any atom is -0.461 e. The summed E-state index contributed by atoms with van der Waals surface area (Å²) in [5, 5.41) is 13.2. The third-order valence-electron chi connectivity index (χ3n) is 4.50. The first-order valence-electron chi connectivity index (χ1n) is 9.18. The fourth-order valence-corrected chi connectivity index (χ4v) is 3.95. The van der Waals surface area contributed by atoms with Crippen LogP contribution >= 0.6 is 11.8 Å². The Labute approximate surface area is 166 Å². The molecule has 0 bridgehead atoms. The van der Waals surface area contributed by atoms with E-state index in [4.69, 9.17) is 4.42 Å². The molecule has 0 fully saturated rings. The van der Waals surface area contributed by atoms with Gasteiger partial charge in [-0.1, -0.05) is 11.8 Å². The summed E-state index contributed by atoms with van der Waals surface area (Å²) in [5.74, 6) is 1.51.